The highest BCUT2D eigenvalue weighted by Crippen LogP contribution is 2.18. The lowest BCUT2D eigenvalue weighted by Crippen LogP contribution is -2.16. The van der Waals surface area contributed by atoms with Crippen molar-refractivity contribution < 1.29 is 14.3 Å². The molecule has 27 heavy (non-hydrogen) atoms. The second kappa shape index (κ2) is 11.6. The summed E-state index contributed by atoms with van der Waals surface area (Å²) in [5, 5.41) is 4.01. The van der Waals surface area contributed by atoms with Gasteiger partial charge < -0.3 is 4.74 Å². The van der Waals surface area contributed by atoms with E-state index in [1.165, 1.54) is 12.7 Å². The fourth-order valence-corrected chi connectivity index (χ4v) is 2.64. The molecule has 0 fully saturated rings. The first-order valence-corrected chi connectivity index (χ1v) is 9.23. The van der Waals surface area contributed by atoms with Gasteiger partial charge >= 0.3 is 5.97 Å². The lowest BCUT2D eigenvalue weighted by Gasteiger charge is -2.02. The molecule has 0 unspecified atom stereocenters. The highest BCUT2D eigenvalue weighted by atomic mass is 16.5. The molecule has 2 aromatic rings. The van der Waals surface area contributed by atoms with Gasteiger partial charge in [0.1, 0.15) is 0 Å². The number of unbranched alkanes of at least 4 members (excludes halogenated alkanes) is 3. The Kier molecular flexibility index (Phi) is 8.77. The molecule has 0 radical (unpaired) electrons. The predicted molar refractivity (Wildman–Crippen MR) is 107 cm³/mol. The second-order valence-corrected chi connectivity index (χ2v) is 6.27. The van der Waals surface area contributed by atoms with E-state index >= 15 is 0 Å². The number of hydrogen-bond donors (Lipinski definition) is 1. The average molecular weight is 366 g/mol. The van der Waals surface area contributed by atoms with Gasteiger partial charge in [0.05, 0.1) is 13.3 Å². The van der Waals surface area contributed by atoms with Crippen LogP contribution < -0.4 is 5.43 Å². The van der Waals surface area contributed by atoms with Crippen LogP contribution >= 0.6 is 0 Å². The quantitative estimate of drug-likeness (QED) is 0.295. The van der Waals surface area contributed by atoms with Crippen LogP contribution in [0, 0.1) is 0 Å². The lowest BCUT2D eigenvalue weighted by molar-refractivity contribution is -0.140. The normalized spacial score (nSPS) is 10.7. The molecule has 0 spiro atoms. The summed E-state index contributed by atoms with van der Waals surface area (Å²) in [6.07, 6.45) is 5.93. The zero-order valence-electron chi connectivity index (χ0n) is 15.7. The molecule has 5 heteroatoms. The number of nitrogens with zero attached hydrogens (tertiary/aromatic N) is 1. The van der Waals surface area contributed by atoms with Crippen molar-refractivity contribution in [3.05, 3.63) is 60.2 Å². The number of esters is 1. The average Bonchev–Trinajstić information content (AvgIpc) is 2.71. The van der Waals surface area contributed by atoms with Crippen molar-refractivity contribution in [1.29, 1.82) is 0 Å². The Hall–Kier alpha value is -2.95. The third kappa shape index (κ3) is 7.86. The van der Waals surface area contributed by atoms with Gasteiger partial charge in [-0.05, 0) is 29.5 Å². The molecule has 0 atom stereocenters. The molecule has 0 saturated heterocycles. The van der Waals surface area contributed by atoms with Crippen LogP contribution in [-0.2, 0) is 14.3 Å². The summed E-state index contributed by atoms with van der Waals surface area (Å²) in [4.78, 5) is 22.7. The number of ether oxygens (including phenoxy) is 1. The molecule has 2 rings (SSSR count). The first-order chi connectivity index (χ1) is 13.2. The van der Waals surface area contributed by atoms with Crippen LogP contribution in [0.4, 0.5) is 0 Å². The van der Waals surface area contributed by atoms with Gasteiger partial charge in [0.2, 0.25) is 5.91 Å². The maximum atomic E-state index is 11.8. The van der Waals surface area contributed by atoms with Gasteiger partial charge in [0.15, 0.2) is 0 Å². The minimum atomic E-state index is -0.182. The molecule has 0 aromatic heterocycles. The van der Waals surface area contributed by atoms with Crippen molar-refractivity contribution in [1.82, 2.24) is 5.43 Å². The van der Waals surface area contributed by atoms with E-state index in [2.05, 4.69) is 27.4 Å². The minimum absolute atomic E-state index is 0.0971. The maximum absolute atomic E-state index is 11.8. The van der Waals surface area contributed by atoms with E-state index in [4.69, 9.17) is 0 Å². The molecule has 0 bridgehead atoms. The maximum Gasteiger partial charge on any atom is 0.305 e. The summed E-state index contributed by atoms with van der Waals surface area (Å²) in [5.74, 6) is -0.279. The molecular weight excluding hydrogens is 340 g/mol. The van der Waals surface area contributed by atoms with E-state index in [0.717, 1.165) is 36.8 Å². The molecule has 1 N–H and O–H groups in total. The summed E-state index contributed by atoms with van der Waals surface area (Å²) in [7, 11) is 1.39. The molecule has 0 saturated carbocycles. The molecule has 0 aliphatic heterocycles. The summed E-state index contributed by atoms with van der Waals surface area (Å²) >= 11 is 0. The second-order valence-electron chi connectivity index (χ2n) is 6.27. The topological polar surface area (TPSA) is 67.8 Å². The van der Waals surface area contributed by atoms with Gasteiger partial charge in [0.25, 0.3) is 0 Å². The van der Waals surface area contributed by atoms with Gasteiger partial charge in [-0.3, -0.25) is 9.59 Å². The smallest absolute Gasteiger partial charge is 0.305 e. The van der Waals surface area contributed by atoms with Crippen LogP contribution in [0.25, 0.3) is 11.1 Å². The molecule has 2 aromatic carbocycles. The molecule has 0 heterocycles. The molecule has 0 aliphatic carbocycles. The number of amides is 1. The predicted octanol–water partition coefficient (Wildman–Crippen LogP) is 4.32. The fraction of sp³-hybridized carbons (Fsp3) is 0.318. The Bertz CT molecular complexity index is 740. The Labute approximate surface area is 160 Å². The van der Waals surface area contributed by atoms with Gasteiger partial charge in [-0.1, -0.05) is 67.4 Å². The molecule has 5 nitrogen and oxygen atoms in total. The highest BCUT2D eigenvalue weighted by Gasteiger charge is 2.02. The van der Waals surface area contributed by atoms with Gasteiger partial charge in [-0.2, -0.15) is 5.10 Å². The van der Waals surface area contributed by atoms with Crippen molar-refractivity contribution in [2.24, 2.45) is 5.10 Å². The van der Waals surface area contributed by atoms with Crippen LogP contribution in [0.2, 0.25) is 0 Å². The Morgan fingerprint density at radius 3 is 2.19 bits per heavy atom. The van der Waals surface area contributed by atoms with Crippen molar-refractivity contribution in [2.75, 3.05) is 7.11 Å². The number of methoxy groups -OCH3 is 1. The van der Waals surface area contributed by atoms with Crippen LogP contribution in [0.3, 0.4) is 0 Å². The molecule has 142 valence electrons. The molecule has 0 aliphatic rings. The van der Waals surface area contributed by atoms with E-state index in [9.17, 15) is 9.59 Å². The van der Waals surface area contributed by atoms with Crippen molar-refractivity contribution >= 4 is 18.1 Å². The van der Waals surface area contributed by atoms with E-state index in [1.807, 2.05) is 42.5 Å². The largest absolute Gasteiger partial charge is 0.469 e. The summed E-state index contributed by atoms with van der Waals surface area (Å²) in [6, 6.07) is 18.2. The number of rotatable bonds is 10. The van der Waals surface area contributed by atoms with E-state index in [-0.39, 0.29) is 11.9 Å². The first-order valence-electron chi connectivity index (χ1n) is 9.23. The molecule has 1 amide bonds. The number of nitrogens with one attached hydrogen (secondary N) is 1. The fourth-order valence-electron chi connectivity index (χ4n) is 2.64. The third-order valence-corrected chi connectivity index (χ3v) is 4.18. The monoisotopic (exact) mass is 366 g/mol. The van der Waals surface area contributed by atoms with Gasteiger partial charge in [0, 0.05) is 12.8 Å². The van der Waals surface area contributed by atoms with Crippen LogP contribution in [0.15, 0.2) is 59.7 Å². The van der Waals surface area contributed by atoms with Crippen LogP contribution in [0.5, 0.6) is 0 Å². The number of carbonyl (C=O) groups excluding carboxylic acids is 2. The lowest BCUT2D eigenvalue weighted by atomic mass is 10.0. The number of carbonyl (C=O) groups is 2. The van der Waals surface area contributed by atoms with Crippen molar-refractivity contribution in [3.63, 3.8) is 0 Å². The zero-order valence-corrected chi connectivity index (χ0v) is 15.7. The van der Waals surface area contributed by atoms with Crippen LogP contribution in [0.1, 0.15) is 44.1 Å². The van der Waals surface area contributed by atoms with Crippen molar-refractivity contribution in [3.8, 4) is 11.1 Å². The van der Waals surface area contributed by atoms with E-state index in [0.29, 0.717) is 12.8 Å². The van der Waals surface area contributed by atoms with E-state index in [1.54, 1.807) is 6.21 Å². The number of hydrazone groups is 1. The highest BCUT2D eigenvalue weighted by molar-refractivity contribution is 5.83. The summed E-state index contributed by atoms with van der Waals surface area (Å²) in [6.45, 7) is 0. The van der Waals surface area contributed by atoms with Gasteiger partial charge in [-0.15, -0.1) is 0 Å². The summed E-state index contributed by atoms with van der Waals surface area (Å²) in [5.41, 5.74) is 5.79. The Morgan fingerprint density at radius 1 is 0.889 bits per heavy atom. The molecular formula is C22H26N2O3. The SMILES string of the molecule is COC(=O)CCCCCCC(=O)N/N=C/c1ccc(-c2ccccc2)cc1. The Balaban J connectivity index is 1.65. The number of hydrogen-bond acceptors (Lipinski definition) is 4. The van der Waals surface area contributed by atoms with Crippen molar-refractivity contribution in [2.45, 2.75) is 38.5 Å². The standard InChI is InChI=1S/C22H26N2O3/c1-27-22(26)12-8-3-2-7-11-21(25)24-23-17-18-13-15-20(16-14-18)19-9-5-4-6-10-19/h4-6,9-10,13-17H,2-3,7-8,11-12H2,1H3,(H,24,25)/b23-17+. The van der Waals surface area contributed by atoms with Crippen LogP contribution in [-0.4, -0.2) is 25.2 Å². The first kappa shape index (κ1) is 20.4. The Morgan fingerprint density at radius 2 is 1.52 bits per heavy atom. The minimum Gasteiger partial charge on any atom is -0.469 e. The number of benzene rings is 2. The zero-order chi connectivity index (χ0) is 19.3. The third-order valence-electron chi connectivity index (χ3n) is 4.18. The van der Waals surface area contributed by atoms with Gasteiger partial charge in [-0.25, -0.2) is 5.43 Å². The summed E-state index contributed by atoms with van der Waals surface area (Å²) < 4.78 is 4.59. The van der Waals surface area contributed by atoms with E-state index < -0.39 is 0 Å².